The fourth-order valence-corrected chi connectivity index (χ4v) is 2.49. The molecule has 1 aliphatic carbocycles. The van der Waals surface area contributed by atoms with Crippen LogP contribution in [-0.4, -0.2) is 23.7 Å². The first kappa shape index (κ1) is 15.1. The molecule has 1 aromatic rings. The van der Waals surface area contributed by atoms with E-state index in [1.165, 1.54) is 0 Å². The summed E-state index contributed by atoms with van der Waals surface area (Å²) in [6, 6.07) is 7.54. The van der Waals surface area contributed by atoms with Crippen LogP contribution >= 0.6 is 11.6 Å². The Hall–Kier alpha value is -1.32. The van der Waals surface area contributed by atoms with Crippen molar-refractivity contribution in [1.82, 2.24) is 5.32 Å². The van der Waals surface area contributed by atoms with Gasteiger partial charge in [0, 0.05) is 23.7 Å². The molecule has 0 aliphatic heterocycles. The molecule has 1 atom stereocenters. The van der Waals surface area contributed by atoms with Crippen LogP contribution in [0.3, 0.4) is 0 Å². The molecule has 0 saturated heterocycles. The van der Waals surface area contributed by atoms with E-state index in [4.69, 9.17) is 16.7 Å². The molecule has 1 fully saturated rings. The average Bonchev–Trinajstić information content (AvgIpc) is 3.22. The standard InChI is InChI=1S/C16H20ClNO2/c1-11(13-3-2-4-14(17)10-13)9-16(20)18-15(7-8-19)12-5-6-12/h2-4,9-10,12,15,19H,5-8H2,1H3,(H,18,20)/b11-9-. The van der Waals surface area contributed by atoms with E-state index in [1.807, 2.05) is 31.2 Å². The van der Waals surface area contributed by atoms with Gasteiger partial charge in [0.05, 0.1) is 0 Å². The van der Waals surface area contributed by atoms with Gasteiger partial charge in [0.2, 0.25) is 5.91 Å². The highest BCUT2D eigenvalue weighted by Crippen LogP contribution is 2.33. The van der Waals surface area contributed by atoms with Gasteiger partial charge < -0.3 is 10.4 Å². The number of allylic oxidation sites excluding steroid dienone is 1. The van der Waals surface area contributed by atoms with Crippen molar-refractivity contribution in [2.24, 2.45) is 5.92 Å². The van der Waals surface area contributed by atoms with E-state index in [0.29, 0.717) is 17.4 Å². The van der Waals surface area contributed by atoms with Gasteiger partial charge in [-0.05, 0) is 55.4 Å². The maximum absolute atomic E-state index is 12.0. The number of nitrogens with one attached hydrogen (secondary N) is 1. The molecule has 0 bridgehead atoms. The third-order valence-corrected chi connectivity index (χ3v) is 3.82. The summed E-state index contributed by atoms with van der Waals surface area (Å²) < 4.78 is 0. The van der Waals surface area contributed by atoms with E-state index in [9.17, 15) is 4.79 Å². The third-order valence-electron chi connectivity index (χ3n) is 3.59. The fourth-order valence-electron chi connectivity index (χ4n) is 2.30. The van der Waals surface area contributed by atoms with Gasteiger partial charge in [0.15, 0.2) is 0 Å². The molecule has 0 heterocycles. The monoisotopic (exact) mass is 293 g/mol. The number of benzene rings is 1. The summed E-state index contributed by atoms with van der Waals surface area (Å²) in [4.78, 5) is 12.0. The minimum absolute atomic E-state index is 0.0934. The van der Waals surface area contributed by atoms with E-state index in [-0.39, 0.29) is 18.6 Å². The van der Waals surface area contributed by atoms with Crippen molar-refractivity contribution in [3.8, 4) is 0 Å². The van der Waals surface area contributed by atoms with E-state index < -0.39 is 0 Å². The Balaban J connectivity index is 1.99. The van der Waals surface area contributed by atoms with Crippen LogP contribution in [0.1, 0.15) is 31.7 Å². The maximum Gasteiger partial charge on any atom is 0.244 e. The zero-order chi connectivity index (χ0) is 14.5. The Kier molecular flexibility index (Phi) is 5.21. The number of carbonyl (C=O) groups is 1. The Bertz CT molecular complexity index is 509. The Morgan fingerprint density at radius 1 is 1.55 bits per heavy atom. The Morgan fingerprint density at radius 3 is 2.90 bits per heavy atom. The van der Waals surface area contributed by atoms with Gasteiger partial charge in [0.1, 0.15) is 0 Å². The first-order valence-electron chi connectivity index (χ1n) is 6.95. The molecular formula is C16H20ClNO2. The van der Waals surface area contributed by atoms with Gasteiger partial charge in [-0.25, -0.2) is 0 Å². The zero-order valence-electron chi connectivity index (χ0n) is 11.6. The van der Waals surface area contributed by atoms with Gasteiger partial charge in [-0.15, -0.1) is 0 Å². The predicted molar refractivity (Wildman–Crippen MR) is 81.5 cm³/mol. The second-order valence-electron chi connectivity index (χ2n) is 5.30. The van der Waals surface area contributed by atoms with Crippen LogP contribution in [-0.2, 0) is 4.79 Å². The van der Waals surface area contributed by atoms with Gasteiger partial charge in [-0.3, -0.25) is 4.79 Å². The lowest BCUT2D eigenvalue weighted by molar-refractivity contribution is -0.117. The first-order chi connectivity index (χ1) is 9.60. The highest BCUT2D eigenvalue weighted by molar-refractivity contribution is 6.30. The van der Waals surface area contributed by atoms with Crippen LogP contribution < -0.4 is 5.32 Å². The van der Waals surface area contributed by atoms with E-state index in [0.717, 1.165) is 24.0 Å². The number of hydrogen-bond acceptors (Lipinski definition) is 2. The number of halogens is 1. The minimum Gasteiger partial charge on any atom is -0.396 e. The number of aliphatic hydroxyl groups is 1. The first-order valence-corrected chi connectivity index (χ1v) is 7.33. The molecule has 0 spiro atoms. The van der Waals surface area contributed by atoms with E-state index in [1.54, 1.807) is 6.08 Å². The van der Waals surface area contributed by atoms with E-state index in [2.05, 4.69) is 5.32 Å². The molecule has 1 aromatic carbocycles. The number of carbonyl (C=O) groups excluding carboxylic acids is 1. The van der Waals surface area contributed by atoms with Crippen molar-refractivity contribution < 1.29 is 9.90 Å². The van der Waals surface area contributed by atoms with Crippen LogP contribution in [0.2, 0.25) is 5.02 Å². The molecule has 4 heteroatoms. The van der Waals surface area contributed by atoms with Gasteiger partial charge in [-0.1, -0.05) is 23.7 Å². The fraction of sp³-hybridized carbons (Fsp3) is 0.438. The highest BCUT2D eigenvalue weighted by Gasteiger charge is 2.31. The zero-order valence-corrected chi connectivity index (χ0v) is 12.4. The molecule has 0 radical (unpaired) electrons. The largest absolute Gasteiger partial charge is 0.396 e. The summed E-state index contributed by atoms with van der Waals surface area (Å²) in [5.41, 5.74) is 1.82. The van der Waals surface area contributed by atoms with E-state index >= 15 is 0 Å². The highest BCUT2D eigenvalue weighted by atomic mass is 35.5. The molecule has 1 unspecified atom stereocenters. The normalized spacial score (nSPS) is 16.9. The quantitative estimate of drug-likeness (QED) is 0.792. The molecular weight excluding hydrogens is 274 g/mol. The second kappa shape index (κ2) is 6.91. The van der Waals surface area contributed by atoms with Crippen molar-refractivity contribution in [3.63, 3.8) is 0 Å². The van der Waals surface area contributed by atoms with Gasteiger partial charge in [0.25, 0.3) is 0 Å². The second-order valence-corrected chi connectivity index (χ2v) is 5.74. The summed E-state index contributed by atoms with van der Waals surface area (Å²) in [5.74, 6) is 0.429. The summed E-state index contributed by atoms with van der Waals surface area (Å²) in [5, 5.41) is 12.7. The third kappa shape index (κ3) is 4.36. The molecule has 1 saturated carbocycles. The lowest BCUT2D eigenvalue weighted by Crippen LogP contribution is -2.36. The van der Waals surface area contributed by atoms with Crippen molar-refractivity contribution in [3.05, 3.63) is 40.9 Å². The lowest BCUT2D eigenvalue weighted by Gasteiger charge is -2.16. The maximum atomic E-state index is 12.0. The van der Waals surface area contributed by atoms with Crippen molar-refractivity contribution in [2.45, 2.75) is 32.2 Å². The van der Waals surface area contributed by atoms with Crippen LogP contribution in [0.4, 0.5) is 0 Å². The molecule has 108 valence electrons. The molecule has 2 N–H and O–H groups in total. The molecule has 0 aromatic heterocycles. The molecule has 1 aliphatic rings. The smallest absolute Gasteiger partial charge is 0.244 e. The summed E-state index contributed by atoms with van der Waals surface area (Å²) in [6.07, 6.45) is 4.50. The van der Waals surface area contributed by atoms with Crippen LogP contribution in [0, 0.1) is 5.92 Å². The number of hydrogen-bond donors (Lipinski definition) is 2. The SMILES string of the molecule is C/C(=C/C(=O)NC(CCO)C1CC1)c1cccc(Cl)c1. The van der Waals surface area contributed by atoms with Crippen LogP contribution in [0.25, 0.3) is 5.57 Å². The molecule has 20 heavy (non-hydrogen) atoms. The summed E-state index contributed by atoms with van der Waals surface area (Å²) in [7, 11) is 0. The molecule has 3 nitrogen and oxygen atoms in total. The predicted octanol–water partition coefficient (Wildman–Crippen LogP) is 3.02. The van der Waals surface area contributed by atoms with Crippen molar-refractivity contribution in [2.75, 3.05) is 6.61 Å². The molecule has 2 rings (SSSR count). The topological polar surface area (TPSA) is 49.3 Å². The Labute approximate surface area is 124 Å². The number of aliphatic hydroxyl groups excluding tert-OH is 1. The van der Waals surface area contributed by atoms with Crippen molar-refractivity contribution >= 4 is 23.1 Å². The van der Waals surface area contributed by atoms with Gasteiger partial charge in [-0.2, -0.15) is 0 Å². The van der Waals surface area contributed by atoms with Gasteiger partial charge >= 0.3 is 0 Å². The lowest BCUT2D eigenvalue weighted by atomic mass is 10.1. The molecule has 1 amide bonds. The number of rotatable bonds is 6. The van der Waals surface area contributed by atoms with Crippen LogP contribution in [0.5, 0.6) is 0 Å². The summed E-state index contributed by atoms with van der Waals surface area (Å²) >= 11 is 5.95. The minimum atomic E-state index is -0.104. The average molecular weight is 294 g/mol. The summed E-state index contributed by atoms with van der Waals surface area (Å²) in [6.45, 7) is 2.00. The van der Waals surface area contributed by atoms with Crippen molar-refractivity contribution in [1.29, 1.82) is 0 Å². The van der Waals surface area contributed by atoms with Crippen LogP contribution in [0.15, 0.2) is 30.3 Å². The Morgan fingerprint density at radius 2 is 2.30 bits per heavy atom. The number of amides is 1.